The maximum Gasteiger partial charge on any atom is 0.289 e. The molecule has 6 nitrogen and oxygen atoms in total. The van der Waals surface area contributed by atoms with Crippen LogP contribution in [0.5, 0.6) is 0 Å². The van der Waals surface area contributed by atoms with Crippen molar-refractivity contribution in [3.63, 3.8) is 0 Å². The van der Waals surface area contributed by atoms with Gasteiger partial charge in [0.1, 0.15) is 12.4 Å². The van der Waals surface area contributed by atoms with E-state index in [1.807, 2.05) is 4.90 Å². The van der Waals surface area contributed by atoms with E-state index in [-0.39, 0.29) is 17.4 Å². The van der Waals surface area contributed by atoms with Crippen molar-refractivity contribution in [1.82, 2.24) is 9.80 Å². The summed E-state index contributed by atoms with van der Waals surface area (Å²) in [5, 5.41) is 10.1. The third kappa shape index (κ3) is 3.59. The third-order valence-corrected chi connectivity index (χ3v) is 5.07. The van der Waals surface area contributed by atoms with Crippen LogP contribution in [0.3, 0.4) is 0 Å². The van der Waals surface area contributed by atoms with Gasteiger partial charge in [-0.15, -0.1) is 0 Å². The summed E-state index contributed by atoms with van der Waals surface area (Å²) in [5.74, 6) is 1.00. The number of ether oxygens (including phenoxy) is 1. The zero-order valence-electron chi connectivity index (χ0n) is 14.0. The molecule has 2 saturated heterocycles. The number of nitrogens with zero attached hydrogens (tertiary/aromatic N) is 2. The van der Waals surface area contributed by atoms with E-state index in [9.17, 15) is 9.90 Å². The Labute approximate surface area is 137 Å². The van der Waals surface area contributed by atoms with Gasteiger partial charge in [-0.25, -0.2) is 0 Å². The first-order chi connectivity index (χ1) is 11.0. The molecule has 0 saturated carbocycles. The number of carbonyl (C=O) groups excluding carboxylic acids is 1. The predicted octanol–water partition coefficient (Wildman–Crippen LogP) is 1.34. The van der Waals surface area contributed by atoms with Gasteiger partial charge in [0.05, 0.1) is 6.10 Å². The summed E-state index contributed by atoms with van der Waals surface area (Å²) in [6.45, 7) is 3.57. The molecule has 3 heterocycles. The number of aliphatic hydroxyl groups is 1. The average Bonchev–Trinajstić information content (AvgIpc) is 2.95. The van der Waals surface area contributed by atoms with Crippen LogP contribution in [0.2, 0.25) is 0 Å². The van der Waals surface area contributed by atoms with Crippen molar-refractivity contribution in [1.29, 1.82) is 0 Å². The van der Waals surface area contributed by atoms with Gasteiger partial charge in [-0.05, 0) is 43.9 Å². The standard InChI is InChI=1S/C17H26N2O4/c1-18-10-13(20)9-17(12-18)5-7-19(8-6-17)16(21)15-4-3-14(23-15)11-22-2/h3-4,13,20H,5-12H2,1-2H3. The molecule has 0 bridgehead atoms. The summed E-state index contributed by atoms with van der Waals surface area (Å²) in [6.07, 6.45) is 2.47. The topological polar surface area (TPSA) is 66.2 Å². The van der Waals surface area contributed by atoms with E-state index in [0.717, 1.165) is 45.4 Å². The van der Waals surface area contributed by atoms with Crippen LogP contribution in [-0.4, -0.2) is 67.3 Å². The zero-order chi connectivity index (χ0) is 16.4. The molecule has 0 radical (unpaired) electrons. The highest BCUT2D eigenvalue weighted by atomic mass is 16.5. The molecule has 1 N–H and O–H groups in total. The fourth-order valence-corrected chi connectivity index (χ4v) is 4.04. The Balaban J connectivity index is 1.60. The van der Waals surface area contributed by atoms with Crippen LogP contribution in [0.15, 0.2) is 16.5 Å². The average molecular weight is 322 g/mol. The highest BCUT2D eigenvalue weighted by Gasteiger charge is 2.41. The second-order valence-electron chi connectivity index (χ2n) is 7.05. The fourth-order valence-electron chi connectivity index (χ4n) is 4.04. The van der Waals surface area contributed by atoms with E-state index < -0.39 is 0 Å². The van der Waals surface area contributed by atoms with Crippen molar-refractivity contribution in [2.75, 3.05) is 40.3 Å². The van der Waals surface area contributed by atoms with Crippen molar-refractivity contribution < 1.29 is 19.1 Å². The van der Waals surface area contributed by atoms with Crippen LogP contribution in [0.1, 0.15) is 35.6 Å². The number of likely N-dealkylation sites (tertiary alicyclic amines) is 2. The third-order valence-electron chi connectivity index (χ3n) is 5.07. The van der Waals surface area contributed by atoms with Crippen LogP contribution < -0.4 is 0 Å². The van der Waals surface area contributed by atoms with Gasteiger partial charge in [-0.1, -0.05) is 0 Å². The molecule has 1 atom stereocenters. The maximum absolute atomic E-state index is 12.5. The number of aliphatic hydroxyl groups excluding tert-OH is 1. The SMILES string of the molecule is COCc1ccc(C(=O)N2CCC3(CC2)CC(O)CN(C)C3)o1. The van der Waals surface area contributed by atoms with E-state index in [0.29, 0.717) is 18.1 Å². The molecular weight excluding hydrogens is 296 g/mol. The summed E-state index contributed by atoms with van der Waals surface area (Å²) in [4.78, 5) is 16.6. The monoisotopic (exact) mass is 322 g/mol. The minimum absolute atomic E-state index is 0.0492. The zero-order valence-corrected chi connectivity index (χ0v) is 14.0. The summed E-state index contributed by atoms with van der Waals surface area (Å²) in [6, 6.07) is 3.51. The molecular formula is C17H26N2O4. The number of β-amino-alcohol motifs (C(OH)–C–C–N with tert-alkyl or cyclic N) is 1. The quantitative estimate of drug-likeness (QED) is 0.910. The molecule has 1 aromatic rings. The summed E-state index contributed by atoms with van der Waals surface area (Å²) >= 11 is 0. The molecule has 1 unspecified atom stereocenters. The molecule has 2 aliphatic heterocycles. The minimum atomic E-state index is -0.252. The molecule has 1 aromatic heterocycles. The van der Waals surface area contributed by atoms with E-state index in [1.165, 1.54) is 0 Å². The van der Waals surface area contributed by atoms with Crippen molar-refractivity contribution in [3.8, 4) is 0 Å². The van der Waals surface area contributed by atoms with Crippen molar-refractivity contribution in [2.45, 2.75) is 32.0 Å². The molecule has 1 amide bonds. The van der Waals surface area contributed by atoms with E-state index in [1.54, 1.807) is 19.2 Å². The molecule has 6 heteroatoms. The number of amides is 1. The summed E-state index contributed by atoms with van der Waals surface area (Å²) in [7, 11) is 3.66. The molecule has 1 spiro atoms. The smallest absolute Gasteiger partial charge is 0.289 e. The number of rotatable bonds is 3. The molecule has 128 valence electrons. The minimum Gasteiger partial charge on any atom is -0.453 e. The second-order valence-corrected chi connectivity index (χ2v) is 7.05. The molecule has 2 fully saturated rings. The van der Waals surface area contributed by atoms with Gasteiger partial charge in [0.15, 0.2) is 5.76 Å². The van der Waals surface area contributed by atoms with Gasteiger partial charge in [-0.2, -0.15) is 0 Å². The number of piperidine rings is 2. The lowest BCUT2D eigenvalue weighted by Gasteiger charge is -2.48. The largest absolute Gasteiger partial charge is 0.453 e. The van der Waals surface area contributed by atoms with E-state index in [4.69, 9.17) is 9.15 Å². The number of methoxy groups -OCH3 is 1. The van der Waals surface area contributed by atoms with Gasteiger partial charge in [-0.3, -0.25) is 4.79 Å². The van der Waals surface area contributed by atoms with Crippen molar-refractivity contribution in [2.24, 2.45) is 5.41 Å². The van der Waals surface area contributed by atoms with Crippen molar-refractivity contribution >= 4 is 5.91 Å². The lowest BCUT2D eigenvalue weighted by atomic mass is 9.71. The lowest BCUT2D eigenvalue weighted by Crippen LogP contribution is -2.53. The first kappa shape index (κ1) is 16.5. The lowest BCUT2D eigenvalue weighted by molar-refractivity contribution is -0.0290. The predicted molar refractivity (Wildman–Crippen MR) is 85.1 cm³/mol. The van der Waals surface area contributed by atoms with E-state index >= 15 is 0 Å². The first-order valence-electron chi connectivity index (χ1n) is 8.25. The Kier molecular flexibility index (Phi) is 4.75. The van der Waals surface area contributed by atoms with Gasteiger partial charge in [0.2, 0.25) is 0 Å². The Morgan fingerprint density at radius 1 is 1.43 bits per heavy atom. The van der Waals surface area contributed by atoms with Gasteiger partial charge >= 0.3 is 0 Å². The normalized spacial score (nSPS) is 25.0. The maximum atomic E-state index is 12.5. The number of hydrogen-bond donors (Lipinski definition) is 1. The molecule has 3 rings (SSSR count). The Hall–Kier alpha value is -1.37. The second kappa shape index (κ2) is 6.63. The van der Waals surface area contributed by atoms with Crippen LogP contribution in [0, 0.1) is 5.41 Å². The summed E-state index contributed by atoms with van der Waals surface area (Å²) in [5.41, 5.74) is 0.146. The molecule has 2 aliphatic rings. The van der Waals surface area contributed by atoms with Crippen LogP contribution in [0.4, 0.5) is 0 Å². The van der Waals surface area contributed by atoms with E-state index in [2.05, 4.69) is 11.9 Å². The first-order valence-corrected chi connectivity index (χ1v) is 8.25. The Bertz CT molecular complexity index is 537. The number of likely N-dealkylation sites (N-methyl/N-ethyl adjacent to an activating group) is 1. The molecule has 0 aliphatic carbocycles. The van der Waals surface area contributed by atoms with Crippen molar-refractivity contribution in [3.05, 3.63) is 23.7 Å². The highest BCUT2D eigenvalue weighted by molar-refractivity contribution is 5.91. The van der Waals surface area contributed by atoms with Gasteiger partial charge in [0, 0.05) is 33.3 Å². The van der Waals surface area contributed by atoms with Crippen LogP contribution in [-0.2, 0) is 11.3 Å². The Morgan fingerprint density at radius 2 is 2.17 bits per heavy atom. The van der Waals surface area contributed by atoms with Crippen LogP contribution >= 0.6 is 0 Å². The number of carbonyl (C=O) groups is 1. The summed E-state index contributed by atoms with van der Waals surface area (Å²) < 4.78 is 10.6. The molecule has 23 heavy (non-hydrogen) atoms. The van der Waals surface area contributed by atoms with Gasteiger partial charge < -0.3 is 24.1 Å². The van der Waals surface area contributed by atoms with Gasteiger partial charge in [0.25, 0.3) is 5.91 Å². The van der Waals surface area contributed by atoms with Crippen LogP contribution in [0.25, 0.3) is 0 Å². The fraction of sp³-hybridized carbons (Fsp3) is 0.706. The Morgan fingerprint density at radius 3 is 2.83 bits per heavy atom. The molecule has 0 aromatic carbocycles. The number of hydrogen-bond acceptors (Lipinski definition) is 5. The highest BCUT2D eigenvalue weighted by Crippen LogP contribution is 2.39. The number of furan rings is 1.